The summed E-state index contributed by atoms with van der Waals surface area (Å²) in [5.41, 5.74) is 0. The predicted molar refractivity (Wildman–Crippen MR) is 101 cm³/mol. The van der Waals surface area contributed by atoms with Gasteiger partial charge >= 0.3 is 151 Å². The minimum absolute atomic E-state index is 0.576. The van der Waals surface area contributed by atoms with Gasteiger partial charge in [0, 0.05) is 0 Å². The van der Waals surface area contributed by atoms with E-state index in [0.29, 0.717) is 12.1 Å². The summed E-state index contributed by atoms with van der Waals surface area (Å²) < 4.78 is 11.5. The molecule has 0 aliphatic carbocycles. The van der Waals surface area contributed by atoms with Crippen molar-refractivity contribution in [2.45, 2.75) is 81.3 Å². The number of hydrogen-bond donors (Lipinski definition) is 0. The summed E-state index contributed by atoms with van der Waals surface area (Å²) in [6, 6.07) is 1.15. The van der Waals surface area contributed by atoms with Crippen molar-refractivity contribution >= 4 is 0 Å². The van der Waals surface area contributed by atoms with Crippen LogP contribution in [0.3, 0.4) is 0 Å². The Labute approximate surface area is 151 Å². The fourth-order valence-electron chi connectivity index (χ4n) is 3.76. The summed E-state index contributed by atoms with van der Waals surface area (Å²) in [5, 5.41) is 0. The summed E-state index contributed by atoms with van der Waals surface area (Å²) in [4.78, 5) is 0. The third-order valence-electron chi connectivity index (χ3n) is 4.46. The third kappa shape index (κ3) is 4.79. The molecule has 0 saturated heterocycles. The predicted octanol–water partition coefficient (Wildman–Crippen LogP) is 3.94. The van der Waals surface area contributed by atoms with Gasteiger partial charge in [-0.2, -0.15) is 0 Å². The number of hydrogen-bond acceptors (Lipinski definition) is 4. The van der Waals surface area contributed by atoms with Crippen LogP contribution in [0, 0.1) is 0 Å². The Morgan fingerprint density at radius 2 is 0.739 bits per heavy atom. The zero-order chi connectivity index (χ0) is 18.2. The zero-order valence-electron chi connectivity index (χ0n) is 17.6. The van der Waals surface area contributed by atoms with Gasteiger partial charge in [-0.15, -0.1) is 0 Å². The second kappa shape index (κ2) is 11.2. The van der Waals surface area contributed by atoms with Crippen LogP contribution in [-0.2, 0) is 17.1 Å². The molecule has 0 aromatic carbocycles. The van der Waals surface area contributed by atoms with Crippen molar-refractivity contribution in [3.05, 3.63) is 0 Å². The fraction of sp³-hybridized carbons (Fsp3) is 1.00. The molecule has 0 aliphatic rings. The Bertz CT molecular complexity index is 258. The van der Waals surface area contributed by atoms with E-state index in [1.54, 1.807) is 0 Å². The Kier molecular flexibility index (Phi) is 11.5. The quantitative estimate of drug-likeness (QED) is 0.403. The summed E-state index contributed by atoms with van der Waals surface area (Å²) in [6.07, 6.45) is 0. The van der Waals surface area contributed by atoms with Crippen LogP contribution in [-0.4, -0.2) is 65.2 Å². The summed E-state index contributed by atoms with van der Waals surface area (Å²) in [7, 11) is 0. The van der Waals surface area contributed by atoms with E-state index in [4.69, 9.17) is 0 Å². The SMILES string of the molecule is CC[N](CC)[W]([N](CC)CC)([N](CC)CC)[N](C(C)C)C(C)C. The van der Waals surface area contributed by atoms with Gasteiger partial charge in [-0.25, -0.2) is 0 Å². The molecule has 0 saturated carbocycles. The molecule has 0 spiro atoms. The summed E-state index contributed by atoms with van der Waals surface area (Å²) in [5.74, 6) is 0. The Morgan fingerprint density at radius 1 is 0.522 bits per heavy atom. The Morgan fingerprint density at radius 3 is 0.870 bits per heavy atom. The van der Waals surface area contributed by atoms with Gasteiger partial charge in [0.05, 0.1) is 0 Å². The molecular weight excluding hydrogens is 456 g/mol. The molecule has 23 heavy (non-hydrogen) atoms. The van der Waals surface area contributed by atoms with E-state index in [1.807, 2.05) is 0 Å². The van der Waals surface area contributed by atoms with Crippen molar-refractivity contribution < 1.29 is 17.1 Å². The Balaban J connectivity index is 6.54. The molecule has 0 fully saturated rings. The van der Waals surface area contributed by atoms with Gasteiger partial charge in [-0.1, -0.05) is 0 Å². The summed E-state index contributed by atoms with van der Waals surface area (Å²) >= 11 is -3.08. The monoisotopic (exact) mass is 500 g/mol. The standard InChI is InChI=1S/C6H14N.3C4H10N.W/c1-5(2)7-6(3)4;3*1-3-5-4-2;/h5-6H,1-4H3;3*3-4H2,1-2H3;/q4*-1;+4. The molecule has 0 unspecified atom stereocenters. The minimum atomic E-state index is -3.08. The van der Waals surface area contributed by atoms with Gasteiger partial charge in [-0.3, -0.25) is 0 Å². The summed E-state index contributed by atoms with van der Waals surface area (Å²) in [6.45, 7) is 30.5. The van der Waals surface area contributed by atoms with Gasteiger partial charge in [0.15, 0.2) is 0 Å². The van der Waals surface area contributed by atoms with Crippen molar-refractivity contribution in [2.75, 3.05) is 39.3 Å². The number of nitrogens with zero attached hydrogens (tertiary/aromatic N) is 4. The first-order valence-corrected chi connectivity index (χ1v) is 14.9. The molecule has 142 valence electrons. The van der Waals surface area contributed by atoms with Crippen LogP contribution in [0.25, 0.3) is 0 Å². The molecule has 0 aromatic rings. The molecule has 0 bridgehead atoms. The molecule has 5 heteroatoms. The van der Waals surface area contributed by atoms with Crippen molar-refractivity contribution in [2.24, 2.45) is 0 Å². The molecule has 4 nitrogen and oxygen atoms in total. The number of rotatable bonds is 12. The fourth-order valence-corrected chi connectivity index (χ4v) is 21.7. The van der Waals surface area contributed by atoms with Crippen molar-refractivity contribution in [1.29, 1.82) is 0 Å². The first-order chi connectivity index (χ1) is 10.8. The maximum atomic E-state index is 2.92. The second-order valence-corrected chi connectivity index (χ2v) is 17.0. The van der Waals surface area contributed by atoms with Crippen LogP contribution >= 0.6 is 0 Å². The topological polar surface area (TPSA) is 13.0 Å². The zero-order valence-corrected chi connectivity index (χ0v) is 20.5. The van der Waals surface area contributed by atoms with E-state index in [9.17, 15) is 0 Å². The maximum absolute atomic E-state index is 3.08. The molecule has 0 radical (unpaired) electrons. The van der Waals surface area contributed by atoms with Gasteiger partial charge in [0.2, 0.25) is 0 Å². The molecule has 0 rings (SSSR count). The van der Waals surface area contributed by atoms with Crippen LogP contribution in [0.1, 0.15) is 69.2 Å². The average Bonchev–Trinajstić information content (AvgIpc) is 2.49. The van der Waals surface area contributed by atoms with E-state index in [1.165, 1.54) is 0 Å². The average molecular weight is 500 g/mol. The van der Waals surface area contributed by atoms with Crippen LogP contribution < -0.4 is 0 Å². The molecule has 0 aromatic heterocycles. The molecule has 0 atom stereocenters. The van der Waals surface area contributed by atoms with E-state index >= 15 is 0 Å². The van der Waals surface area contributed by atoms with E-state index < -0.39 is 17.1 Å². The van der Waals surface area contributed by atoms with Crippen LogP contribution in [0.2, 0.25) is 0 Å². The molecule has 0 heterocycles. The van der Waals surface area contributed by atoms with Crippen molar-refractivity contribution in [3.8, 4) is 0 Å². The molecule has 0 aliphatic heterocycles. The van der Waals surface area contributed by atoms with Crippen molar-refractivity contribution in [1.82, 2.24) is 13.8 Å². The van der Waals surface area contributed by atoms with E-state index in [2.05, 4.69) is 83.1 Å². The molecule has 0 amide bonds. The molecule has 0 N–H and O–H groups in total. The first kappa shape index (κ1) is 23.5. The van der Waals surface area contributed by atoms with Crippen LogP contribution in [0.4, 0.5) is 0 Å². The van der Waals surface area contributed by atoms with E-state index in [-0.39, 0.29) is 0 Å². The van der Waals surface area contributed by atoms with Gasteiger partial charge < -0.3 is 0 Å². The van der Waals surface area contributed by atoms with E-state index in [0.717, 1.165) is 39.3 Å². The first-order valence-electron chi connectivity index (χ1n) is 9.70. The molecular formula is C18H44N4W. The van der Waals surface area contributed by atoms with Gasteiger partial charge in [0.25, 0.3) is 0 Å². The van der Waals surface area contributed by atoms with Gasteiger partial charge in [0.1, 0.15) is 0 Å². The Hall–Kier alpha value is 0.528. The normalized spacial score (nSPS) is 14.3. The van der Waals surface area contributed by atoms with Crippen LogP contribution in [0.15, 0.2) is 0 Å². The van der Waals surface area contributed by atoms with Crippen molar-refractivity contribution in [3.63, 3.8) is 0 Å². The second-order valence-electron chi connectivity index (χ2n) is 6.38. The van der Waals surface area contributed by atoms with Gasteiger partial charge in [-0.05, 0) is 0 Å². The van der Waals surface area contributed by atoms with Crippen LogP contribution in [0.5, 0.6) is 0 Å². The third-order valence-corrected chi connectivity index (χ3v) is 22.6.